The van der Waals surface area contributed by atoms with Gasteiger partial charge in [-0.3, -0.25) is 4.79 Å². The molecule has 68 valence electrons. The number of hydrogen-bond donors (Lipinski definition) is 0. The maximum absolute atomic E-state index is 10.5. The smallest absolute Gasteiger partial charge is 0.324 e. The second-order valence-corrected chi connectivity index (χ2v) is 2.57. The Morgan fingerprint density at radius 1 is 1.50 bits per heavy atom. The number of aliphatic imine (C=N–C) groups is 1. The fraction of sp³-hybridized carbons (Fsp3) is 0.714. The highest BCUT2D eigenvalue weighted by Crippen LogP contribution is 2.02. The average molecular weight is 208 g/mol. The highest BCUT2D eigenvalue weighted by molar-refractivity contribution is 7.78. The predicted molar refractivity (Wildman–Crippen MR) is 50.3 cm³/mol. The van der Waals surface area contributed by atoms with Gasteiger partial charge in [0.25, 0.3) is 0 Å². The van der Waals surface area contributed by atoms with Gasteiger partial charge in [-0.1, -0.05) is 6.42 Å². The summed E-state index contributed by atoms with van der Waals surface area (Å²) in [6.07, 6.45) is 2.98. The van der Waals surface area contributed by atoms with Gasteiger partial charge in [0.15, 0.2) is 0 Å². The molecule has 0 aromatic heterocycles. The summed E-state index contributed by atoms with van der Waals surface area (Å²) in [6.45, 7) is 0.680. The van der Waals surface area contributed by atoms with E-state index in [1.54, 1.807) is 0 Å². The number of halogens is 1. The Hall–Kier alpha value is -0.440. The SMILES string of the molecule is O=C(CCCCCN=C=S)OCl. The molecular weight excluding hydrogens is 198 g/mol. The van der Waals surface area contributed by atoms with Crippen LogP contribution in [0.5, 0.6) is 0 Å². The molecule has 0 radical (unpaired) electrons. The van der Waals surface area contributed by atoms with E-state index in [9.17, 15) is 4.79 Å². The second-order valence-electron chi connectivity index (χ2n) is 2.23. The molecule has 0 saturated carbocycles. The monoisotopic (exact) mass is 207 g/mol. The first-order valence-electron chi connectivity index (χ1n) is 3.66. The van der Waals surface area contributed by atoms with Crippen LogP contribution in [-0.2, 0) is 9.08 Å². The van der Waals surface area contributed by atoms with E-state index in [4.69, 9.17) is 11.9 Å². The Bertz CT molecular complexity index is 180. The van der Waals surface area contributed by atoms with Crippen LogP contribution in [0.25, 0.3) is 0 Å². The maximum atomic E-state index is 10.5. The van der Waals surface area contributed by atoms with Crippen molar-refractivity contribution in [1.29, 1.82) is 0 Å². The van der Waals surface area contributed by atoms with Gasteiger partial charge in [-0.05, 0) is 25.1 Å². The van der Waals surface area contributed by atoms with Crippen molar-refractivity contribution in [3.63, 3.8) is 0 Å². The van der Waals surface area contributed by atoms with Crippen LogP contribution < -0.4 is 0 Å². The molecule has 0 saturated heterocycles. The third kappa shape index (κ3) is 7.66. The van der Waals surface area contributed by atoms with Gasteiger partial charge in [-0.25, -0.2) is 4.99 Å². The topological polar surface area (TPSA) is 38.7 Å². The Balaban J connectivity index is 3.10. The zero-order valence-electron chi connectivity index (χ0n) is 6.59. The van der Waals surface area contributed by atoms with Gasteiger partial charge < -0.3 is 4.29 Å². The van der Waals surface area contributed by atoms with Gasteiger partial charge in [0.05, 0.1) is 5.16 Å². The van der Waals surface area contributed by atoms with Gasteiger partial charge in [-0.2, -0.15) is 0 Å². The average Bonchev–Trinajstić information content (AvgIpc) is 2.10. The van der Waals surface area contributed by atoms with Gasteiger partial charge in [-0.15, -0.1) is 0 Å². The first-order valence-corrected chi connectivity index (χ1v) is 4.38. The minimum absolute atomic E-state index is 0.366. The lowest BCUT2D eigenvalue weighted by Gasteiger charge is -1.95. The predicted octanol–water partition coefficient (Wildman–Crippen LogP) is 2.35. The van der Waals surface area contributed by atoms with E-state index in [-0.39, 0.29) is 5.97 Å². The van der Waals surface area contributed by atoms with Crippen molar-refractivity contribution in [3.05, 3.63) is 0 Å². The Kier molecular flexibility index (Phi) is 8.34. The third-order valence-electron chi connectivity index (χ3n) is 1.30. The number of rotatable bonds is 6. The summed E-state index contributed by atoms with van der Waals surface area (Å²) < 4.78 is 3.96. The zero-order chi connectivity index (χ0) is 9.23. The largest absolute Gasteiger partial charge is 0.348 e. The van der Waals surface area contributed by atoms with Crippen LogP contribution in [0.2, 0.25) is 0 Å². The Morgan fingerprint density at radius 3 is 2.83 bits per heavy atom. The molecule has 0 rings (SSSR count). The number of nitrogens with zero attached hydrogens (tertiary/aromatic N) is 1. The molecule has 0 atom stereocenters. The van der Waals surface area contributed by atoms with Crippen molar-refractivity contribution in [3.8, 4) is 0 Å². The van der Waals surface area contributed by atoms with Crippen LogP contribution in [0, 0.1) is 0 Å². The van der Waals surface area contributed by atoms with E-state index < -0.39 is 0 Å². The first-order chi connectivity index (χ1) is 5.81. The molecule has 12 heavy (non-hydrogen) atoms. The summed E-state index contributed by atoms with van der Waals surface area (Å²) >= 11 is 9.20. The fourth-order valence-corrected chi connectivity index (χ4v) is 0.890. The summed E-state index contributed by atoms with van der Waals surface area (Å²) in [4.78, 5) is 14.2. The molecule has 0 N–H and O–H groups in total. The maximum Gasteiger partial charge on any atom is 0.324 e. The van der Waals surface area contributed by atoms with E-state index in [1.807, 2.05) is 0 Å². The van der Waals surface area contributed by atoms with E-state index in [0.717, 1.165) is 19.3 Å². The van der Waals surface area contributed by atoms with E-state index in [1.165, 1.54) is 0 Å². The van der Waals surface area contributed by atoms with Crippen LogP contribution >= 0.6 is 24.1 Å². The fourth-order valence-electron chi connectivity index (χ4n) is 0.721. The van der Waals surface area contributed by atoms with Crippen LogP contribution in [0.15, 0.2) is 4.99 Å². The molecule has 0 spiro atoms. The van der Waals surface area contributed by atoms with E-state index in [0.29, 0.717) is 13.0 Å². The molecule has 0 fully saturated rings. The number of carbonyl (C=O) groups is 1. The summed E-state index contributed by atoms with van der Waals surface area (Å²) in [6, 6.07) is 0. The van der Waals surface area contributed by atoms with Crippen molar-refractivity contribution in [1.82, 2.24) is 0 Å². The van der Waals surface area contributed by atoms with Crippen LogP contribution in [0.3, 0.4) is 0 Å². The van der Waals surface area contributed by atoms with Crippen molar-refractivity contribution < 1.29 is 9.08 Å². The number of carbonyl (C=O) groups excluding carboxylic acids is 1. The van der Waals surface area contributed by atoms with Gasteiger partial charge in [0.1, 0.15) is 11.9 Å². The molecule has 0 aliphatic rings. The molecule has 0 aliphatic carbocycles. The van der Waals surface area contributed by atoms with E-state index in [2.05, 4.69) is 26.7 Å². The Labute approximate surface area is 81.9 Å². The standard InChI is InChI=1S/C7H10ClNO2S/c8-11-7(10)4-2-1-3-5-9-6-12/h1-5H2. The van der Waals surface area contributed by atoms with Crippen molar-refractivity contribution in [2.75, 3.05) is 6.54 Å². The molecule has 0 amide bonds. The lowest BCUT2D eigenvalue weighted by Crippen LogP contribution is -1.96. The number of isothiocyanates is 1. The summed E-state index contributed by atoms with van der Waals surface area (Å²) in [7, 11) is 0. The number of hydrogen-bond acceptors (Lipinski definition) is 4. The first kappa shape index (κ1) is 11.6. The summed E-state index contributed by atoms with van der Waals surface area (Å²) in [5.41, 5.74) is 0. The highest BCUT2D eigenvalue weighted by atomic mass is 35.5. The van der Waals surface area contributed by atoms with E-state index >= 15 is 0 Å². The Morgan fingerprint density at radius 2 is 2.25 bits per heavy atom. The van der Waals surface area contributed by atoms with Crippen LogP contribution in [-0.4, -0.2) is 17.7 Å². The molecule has 3 nitrogen and oxygen atoms in total. The van der Waals surface area contributed by atoms with Crippen molar-refractivity contribution in [2.45, 2.75) is 25.7 Å². The minimum atomic E-state index is -0.380. The second kappa shape index (κ2) is 8.65. The van der Waals surface area contributed by atoms with Gasteiger partial charge in [0.2, 0.25) is 0 Å². The normalized spacial score (nSPS) is 8.75. The molecule has 0 heterocycles. The summed E-state index contributed by atoms with van der Waals surface area (Å²) in [5.74, 6) is -0.380. The number of thiocarbonyl (C=S) groups is 1. The molecule has 5 heteroatoms. The molecule has 0 aromatic rings. The van der Waals surface area contributed by atoms with Crippen LogP contribution in [0.4, 0.5) is 0 Å². The third-order valence-corrected chi connectivity index (χ3v) is 1.60. The molecule has 0 bridgehead atoms. The molecule has 0 aliphatic heterocycles. The minimum Gasteiger partial charge on any atom is -0.348 e. The lowest BCUT2D eigenvalue weighted by molar-refractivity contribution is -0.134. The molecular formula is C7H10ClNO2S. The number of unbranched alkanes of at least 4 members (excludes halogenated alkanes) is 2. The lowest BCUT2D eigenvalue weighted by atomic mass is 10.2. The summed E-state index contributed by atoms with van der Waals surface area (Å²) in [5, 5.41) is 2.27. The quantitative estimate of drug-likeness (QED) is 0.381. The molecule has 0 unspecified atom stereocenters. The van der Waals surface area contributed by atoms with Crippen LogP contribution in [0.1, 0.15) is 25.7 Å². The van der Waals surface area contributed by atoms with Crippen molar-refractivity contribution >= 4 is 35.2 Å². The zero-order valence-corrected chi connectivity index (χ0v) is 8.16. The molecule has 0 aromatic carbocycles. The van der Waals surface area contributed by atoms with Gasteiger partial charge >= 0.3 is 5.97 Å². The highest BCUT2D eigenvalue weighted by Gasteiger charge is 1.99. The van der Waals surface area contributed by atoms with Crippen molar-refractivity contribution in [2.24, 2.45) is 4.99 Å². The van der Waals surface area contributed by atoms with Gasteiger partial charge in [0, 0.05) is 13.0 Å².